The van der Waals surface area contributed by atoms with Crippen LogP contribution >= 0.6 is 0 Å². The van der Waals surface area contributed by atoms with Crippen LogP contribution in [-0.2, 0) is 9.59 Å². The second kappa shape index (κ2) is 6.18. The lowest BCUT2D eigenvalue weighted by Crippen LogP contribution is -2.40. The van der Waals surface area contributed by atoms with Gasteiger partial charge < -0.3 is 0 Å². The number of Topliss-reactive ketones (excluding diaryl/α,β-unsaturated/α-hetero) is 3. The van der Waals surface area contributed by atoms with Gasteiger partial charge in [-0.3, -0.25) is 19.2 Å². The first-order valence-corrected chi connectivity index (χ1v) is 10.4. The molecule has 0 radical (unpaired) electrons. The fraction of sp³-hybridized carbons (Fsp3) is 0.308. The van der Waals surface area contributed by atoms with E-state index in [9.17, 15) is 19.2 Å². The Labute approximate surface area is 175 Å². The molecule has 0 bridgehead atoms. The molecule has 0 spiro atoms. The lowest BCUT2D eigenvalue weighted by Gasteiger charge is -2.45. The van der Waals surface area contributed by atoms with Crippen molar-refractivity contribution in [3.05, 3.63) is 81.0 Å². The highest BCUT2D eigenvalue weighted by Crippen LogP contribution is 2.54. The molecule has 0 N–H and O–H groups in total. The zero-order valence-corrected chi connectivity index (χ0v) is 17.4. The van der Waals surface area contributed by atoms with Gasteiger partial charge in [0.2, 0.25) is 11.6 Å². The summed E-state index contributed by atoms with van der Waals surface area (Å²) in [6, 6.07) is 7.00. The van der Waals surface area contributed by atoms with E-state index in [4.69, 9.17) is 0 Å². The van der Waals surface area contributed by atoms with E-state index in [0.29, 0.717) is 27.8 Å². The molecule has 0 saturated carbocycles. The van der Waals surface area contributed by atoms with Gasteiger partial charge in [-0.1, -0.05) is 69.2 Å². The summed E-state index contributed by atoms with van der Waals surface area (Å²) in [5.41, 5.74) is 5.61. The van der Waals surface area contributed by atoms with Crippen LogP contribution in [0.1, 0.15) is 48.4 Å². The van der Waals surface area contributed by atoms with E-state index >= 15 is 0 Å². The largest absolute Gasteiger partial charge is 0.289 e. The molecule has 0 fully saturated rings. The quantitative estimate of drug-likeness (QED) is 0.372. The van der Waals surface area contributed by atoms with E-state index in [2.05, 4.69) is 0 Å². The highest BCUT2D eigenvalue weighted by atomic mass is 16.2. The molecule has 0 aliphatic heterocycles. The number of carbonyl (C=O) groups excluding carboxylic acids is 4. The average molecular weight is 398 g/mol. The highest BCUT2D eigenvalue weighted by Gasteiger charge is 2.48. The van der Waals surface area contributed by atoms with Crippen molar-refractivity contribution in [2.45, 2.75) is 27.7 Å². The summed E-state index contributed by atoms with van der Waals surface area (Å²) in [4.78, 5) is 51.7. The molecule has 4 unspecified atom stereocenters. The van der Waals surface area contributed by atoms with Crippen molar-refractivity contribution in [2.24, 2.45) is 23.7 Å². The van der Waals surface area contributed by atoms with Crippen LogP contribution in [-0.4, -0.2) is 23.1 Å². The van der Waals surface area contributed by atoms with Crippen LogP contribution in [0.3, 0.4) is 0 Å². The van der Waals surface area contributed by atoms with Gasteiger partial charge in [0.15, 0.2) is 11.6 Å². The van der Waals surface area contributed by atoms with Crippen LogP contribution in [0.4, 0.5) is 0 Å². The Balaban J connectivity index is 1.70. The van der Waals surface area contributed by atoms with Crippen molar-refractivity contribution < 1.29 is 19.2 Å². The average Bonchev–Trinajstić information content (AvgIpc) is 2.73. The predicted octanol–water partition coefficient (Wildman–Crippen LogP) is 4.24. The Morgan fingerprint density at radius 3 is 1.57 bits per heavy atom. The topological polar surface area (TPSA) is 68.3 Å². The van der Waals surface area contributed by atoms with Crippen molar-refractivity contribution in [3.63, 3.8) is 0 Å². The second-order valence-electron chi connectivity index (χ2n) is 8.72. The van der Waals surface area contributed by atoms with Gasteiger partial charge in [-0.15, -0.1) is 0 Å². The maximum absolute atomic E-state index is 13.4. The van der Waals surface area contributed by atoms with E-state index in [1.165, 1.54) is 6.08 Å². The zero-order chi connectivity index (χ0) is 21.5. The highest BCUT2D eigenvalue weighted by molar-refractivity contribution is 6.48. The third kappa shape index (κ3) is 2.16. The number of carbonyl (C=O) groups is 4. The van der Waals surface area contributed by atoms with Gasteiger partial charge in [0.05, 0.1) is 0 Å². The summed E-state index contributed by atoms with van der Waals surface area (Å²) in [5, 5.41) is 0. The number of ketones is 4. The number of rotatable bonds is 0. The molecule has 4 aliphatic carbocycles. The smallest absolute Gasteiger partial charge is 0.229 e. The fourth-order valence-electron chi connectivity index (χ4n) is 6.08. The molecular formula is C26H22O4. The predicted molar refractivity (Wildman–Crippen MR) is 112 cm³/mol. The van der Waals surface area contributed by atoms with Gasteiger partial charge in [0.1, 0.15) is 0 Å². The minimum Gasteiger partial charge on any atom is -0.289 e. The summed E-state index contributed by atoms with van der Waals surface area (Å²) < 4.78 is 0. The zero-order valence-electron chi connectivity index (χ0n) is 17.4. The molecule has 4 atom stereocenters. The molecular weight excluding hydrogens is 376 g/mol. The molecule has 150 valence electrons. The van der Waals surface area contributed by atoms with E-state index < -0.39 is 11.6 Å². The van der Waals surface area contributed by atoms with Gasteiger partial charge >= 0.3 is 0 Å². The second-order valence-corrected chi connectivity index (χ2v) is 8.72. The van der Waals surface area contributed by atoms with Gasteiger partial charge in [-0.05, 0) is 11.6 Å². The molecule has 4 heteroatoms. The Bertz CT molecular complexity index is 1220. The Kier molecular flexibility index (Phi) is 3.88. The molecule has 4 aliphatic rings. The SMILES string of the molecule is CC1C2=C(C(=O)C(=O)C=C2)C(C)C2=C1C(C)C1=C(C(=O)c3ccccc3C1=O)C2C. The Morgan fingerprint density at radius 2 is 1.03 bits per heavy atom. The maximum atomic E-state index is 13.4. The molecule has 0 heterocycles. The van der Waals surface area contributed by atoms with Crippen LogP contribution in [0.2, 0.25) is 0 Å². The van der Waals surface area contributed by atoms with Crippen molar-refractivity contribution in [2.75, 3.05) is 0 Å². The number of benzene rings is 1. The van der Waals surface area contributed by atoms with E-state index in [1.807, 2.05) is 27.7 Å². The molecule has 0 amide bonds. The number of fused-ring (bicyclic) bond motifs is 1. The monoisotopic (exact) mass is 398 g/mol. The molecule has 30 heavy (non-hydrogen) atoms. The van der Waals surface area contributed by atoms with E-state index in [1.54, 1.807) is 30.3 Å². The lowest BCUT2D eigenvalue weighted by atomic mass is 9.57. The number of allylic oxidation sites excluding steroid dienone is 8. The summed E-state index contributed by atoms with van der Waals surface area (Å²) in [7, 11) is 0. The summed E-state index contributed by atoms with van der Waals surface area (Å²) >= 11 is 0. The minimum atomic E-state index is -0.494. The fourth-order valence-corrected chi connectivity index (χ4v) is 6.08. The Hall–Kier alpha value is -3.14. The summed E-state index contributed by atoms with van der Waals surface area (Å²) in [6.07, 6.45) is 3.11. The van der Waals surface area contributed by atoms with Crippen molar-refractivity contribution in [3.8, 4) is 0 Å². The van der Waals surface area contributed by atoms with Crippen LogP contribution in [0, 0.1) is 23.7 Å². The Morgan fingerprint density at radius 1 is 0.567 bits per heavy atom. The number of hydrogen-bond acceptors (Lipinski definition) is 4. The normalized spacial score (nSPS) is 30.4. The van der Waals surface area contributed by atoms with Crippen LogP contribution in [0.15, 0.2) is 69.9 Å². The maximum Gasteiger partial charge on any atom is 0.229 e. The summed E-state index contributed by atoms with van der Waals surface area (Å²) in [5.74, 6) is -1.97. The third-order valence-corrected chi connectivity index (χ3v) is 7.35. The van der Waals surface area contributed by atoms with Crippen molar-refractivity contribution in [1.82, 2.24) is 0 Å². The van der Waals surface area contributed by atoms with Crippen molar-refractivity contribution in [1.29, 1.82) is 0 Å². The van der Waals surface area contributed by atoms with Crippen LogP contribution < -0.4 is 0 Å². The van der Waals surface area contributed by atoms with Gasteiger partial charge in [-0.2, -0.15) is 0 Å². The molecule has 5 rings (SSSR count). The number of hydrogen-bond donors (Lipinski definition) is 0. The standard InChI is InChI=1S/C26H22O4/c1-11-15-9-10-18(27)26(30)21(15)12(2)20-14(4)23-22(13(3)19(11)20)24(28)16-7-5-6-8-17(16)25(23)29/h5-14H,1-4H3. The molecule has 4 nitrogen and oxygen atoms in total. The van der Waals surface area contributed by atoms with Gasteiger partial charge in [0, 0.05) is 51.5 Å². The van der Waals surface area contributed by atoms with E-state index in [-0.39, 0.29) is 35.2 Å². The van der Waals surface area contributed by atoms with Crippen LogP contribution in [0.5, 0.6) is 0 Å². The van der Waals surface area contributed by atoms with Gasteiger partial charge in [0.25, 0.3) is 0 Å². The lowest BCUT2D eigenvalue weighted by molar-refractivity contribution is -0.132. The molecule has 0 saturated heterocycles. The molecule has 1 aromatic rings. The minimum absolute atomic E-state index is 0.0730. The summed E-state index contributed by atoms with van der Waals surface area (Å²) in [6.45, 7) is 7.92. The molecule has 0 aromatic heterocycles. The van der Waals surface area contributed by atoms with E-state index in [0.717, 1.165) is 16.7 Å². The third-order valence-electron chi connectivity index (χ3n) is 7.35. The van der Waals surface area contributed by atoms with Crippen LogP contribution in [0.25, 0.3) is 0 Å². The first-order valence-electron chi connectivity index (χ1n) is 10.4. The van der Waals surface area contributed by atoms with Crippen molar-refractivity contribution >= 4 is 23.1 Å². The first kappa shape index (κ1) is 18.9. The molecule has 1 aromatic carbocycles. The van der Waals surface area contributed by atoms with Gasteiger partial charge in [-0.25, -0.2) is 0 Å². The first-order chi connectivity index (χ1) is 14.3.